The summed E-state index contributed by atoms with van der Waals surface area (Å²) in [7, 11) is 0. The lowest BCUT2D eigenvalue weighted by molar-refractivity contribution is -0.119. The van der Waals surface area contributed by atoms with E-state index in [9.17, 15) is 4.79 Å². The number of nitrogens with zero attached hydrogens (tertiary/aromatic N) is 1. The fourth-order valence-electron chi connectivity index (χ4n) is 2.76. The second-order valence-electron chi connectivity index (χ2n) is 5.92. The van der Waals surface area contributed by atoms with E-state index >= 15 is 0 Å². The number of carbonyl (C=O) groups is 1. The molecule has 1 atom stereocenters. The first-order chi connectivity index (χ1) is 11.2. The molecule has 4 heteroatoms. The molecule has 1 N–H and O–H groups in total. The summed E-state index contributed by atoms with van der Waals surface area (Å²) in [4.78, 5) is 14.4. The highest BCUT2D eigenvalue weighted by Gasteiger charge is 2.23. The third-order valence-corrected chi connectivity index (χ3v) is 4.02. The Balaban J connectivity index is 1.55. The summed E-state index contributed by atoms with van der Waals surface area (Å²) in [5, 5.41) is 2.95. The molecular formula is C19H22N2O2. The van der Waals surface area contributed by atoms with E-state index in [-0.39, 0.29) is 12.0 Å². The van der Waals surface area contributed by atoms with Gasteiger partial charge in [0.05, 0.1) is 19.3 Å². The van der Waals surface area contributed by atoms with E-state index < -0.39 is 0 Å². The van der Waals surface area contributed by atoms with Crippen LogP contribution in [0, 0.1) is 6.92 Å². The van der Waals surface area contributed by atoms with Gasteiger partial charge in [0.1, 0.15) is 0 Å². The largest absolute Gasteiger partial charge is 0.371 e. The SMILES string of the molecule is Cc1ccc(NC(=O)CN2CCOC(c3ccccc3)C2)cc1. The maximum atomic E-state index is 12.2. The van der Waals surface area contributed by atoms with Crippen LogP contribution >= 0.6 is 0 Å². The van der Waals surface area contributed by atoms with Crippen molar-refractivity contribution < 1.29 is 9.53 Å². The summed E-state index contributed by atoms with van der Waals surface area (Å²) in [5.74, 6) is 0.0163. The molecule has 1 saturated heterocycles. The maximum Gasteiger partial charge on any atom is 0.238 e. The molecule has 1 fully saturated rings. The van der Waals surface area contributed by atoms with Crippen molar-refractivity contribution in [2.75, 3.05) is 31.6 Å². The summed E-state index contributed by atoms with van der Waals surface area (Å²) in [6.07, 6.45) is 0.0390. The summed E-state index contributed by atoms with van der Waals surface area (Å²) in [5.41, 5.74) is 3.19. The molecule has 120 valence electrons. The minimum Gasteiger partial charge on any atom is -0.371 e. The Morgan fingerprint density at radius 1 is 1.17 bits per heavy atom. The monoisotopic (exact) mass is 310 g/mol. The van der Waals surface area contributed by atoms with Crippen LogP contribution in [0.15, 0.2) is 54.6 Å². The number of carbonyl (C=O) groups excluding carboxylic acids is 1. The zero-order valence-electron chi connectivity index (χ0n) is 13.4. The number of amides is 1. The van der Waals surface area contributed by atoms with Gasteiger partial charge >= 0.3 is 0 Å². The molecule has 0 spiro atoms. The topological polar surface area (TPSA) is 41.6 Å². The molecule has 1 amide bonds. The molecule has 1 unspecified atom stereocenters. The molecule has 0 aromatic heterocycles. The smallest absolute Gasteiger partial charge is 0.238 e. The predicted molar refractivity (Wildman–Crippen MR) is 91.4 cm³/mol. The summed E-state index contributed by atoms with van der Waals surface area (Å²) in [6.45, 7) is 4.59. The van der Waals surface area contributed by atoms with Gasteiger partial charge in [0.2, 0.25) is 5.91 Å². The number of rotatable bonds is 4. The van der Waals surface area contributed by atoms with Crippen LogP contribution in [-0.2, 0) is 9.53 Å². The van der Waals surface area contributed by atoms with Gasteiger partial charge in [0, 0.05) is 18.8 Å². The Bertz CT molecular complexity index is 640. The Morgan fingerprint density at radius 3 is 2.65 bits per heavy atom. The van der Waals surface area contributed by atoms with Crippen LogP contribution in [0.25, 0.3) is 0 Å². The quantitative estimate of drug-likeness (QED) is 0.944. The molecule has 0 bridgehead atoms. The molecule has 2 aromatic rings. The summed E-state index contributed by atoms with van der Waals surface area (Å²) < 4.78 is 5.83. The average molecular weight is 310 g/mol. The van der Waals surface area contributed by atoms with Gasteiger partial charge in [-0.1, -0.05) is 48.0 Å². The van der Waals surface area contributed by atoms with Crippen LogP contribution in [0.5, 0.6) is 0 Å². The zero-order chi connectivity index (χ0) is 16.1. The highest BCUT2D eigenvalue weighted by atomic mass is 16.5. The molecular weight excluding hydrogens is 288 g/mol. The standard InChI is InChI=1S/C19H22N2O2/c1-15-7-9-17(10-8-15)20-19(22)14-21-11-12-23-18(13-21)16-5-3-2-4-6-16/h2-10,18H,11-14H2,1H3,(H,20,22). The zero-order valence-corrected chi connectivity index (χ0v) is 13.4. The summed E-state index contributed by atoms with van der Waals surface area (Å²) >= 11 is 0. The lowest BCUT2D eigenvalue weighted by Gasteiger charge is -2.32. The number of hydrogen-bond acceptors (Lipinski definition) is 3. The number of hydrogen-bond donors (Lipinski definition) is 1. The molecule has 3 rings (SSSR count). The Hall–Kier alpha value is -2.17. The number of ether oxygens (including phenoxy) is 1. The fourth-order valence-corrected chi connectivity index (χ4v) is 2.76. The van der Waals surface area contributed by atoms with E-state index in [0.717, 1.165) is 24.3 Å². The molecule has 0 aliphatic carbocycles. The third kappa shape index (κ3) is 4.41. The summed E-state index contributed by atoms with van der Waals surface area (Å²) in [6, 6.07) is 18.0. The van der Waals surface area contributed by atoms with Crippen LogP contribution in [0.1, 0.15) is 17.2 Å². The van der Waals surface area contributed by atoms with Gasteiger partial charge in [-0.3, -0.25) is 9.69 Å². The van der Waals surface area contributed by atoms with Gasteiger partial charge in [-0.05, 0) is 24.6 Å². The van der Waals surface area contributed by atoms with Crippen LogP contribution in [-0.4, -0.2) is 37.0 Å². The Morgan fingerprint density at radius 2 is 1.91 bits per heavy atom. The number of anilines is 1. The van der Waals surface area contributed by atoms with E-state index in [1.807, 2.05) is 49.4 Å². The van der Waals surface area contributed by atoms with Crippen molar-refractivity contribution in [1.82, 2.24) is 4.90 Å². The lowest BCUT2D eigenvalue weighted by atomic mass is 10.1. The molecule has 0 radical (unpaired) electrons. The normalized spacial score (nSPS) is 18.6. The predicted octanol–water partition coefficient (Wildman–Crippen LogP) is 3.01. The molecule has 4 nitrogen and oxygen atoms in total. The van der Waals surface area contributed by atoms with Gasteiger partial charge in [0.25, 0.3) is 0 Å². The van der Waals surface area contributed by atoms with Crippen molar-refractivity contribution >= 4 is 11.6 Å². The maximum absolute atomic E-state index is 12.2. The van der Waals surface area contributed by atoms with E-state index in [1.54, 1.807) is 0 Å². The van der Waals surface area contributed by atoms with E-state index in [2.05, 4.69) is 22.3 Å². The molecule has 2 aromatic carbocycles. The van der Waals surface area contributed by atoms with Crippen molar-refractivity contribution in [3.05, 3.63) is 65.7 Å². The molecule has 1 heterocycles. The van der Waals surface area contributed by atoms with Crippen LogP contribution in [0.2, 0.25) is 0 Å². The fraction of sp³-hybridized carbons (Fsp3) is 0.316. The molecule has 1 aliphatic rings. The first kappa shape index (κ1) is 15.7. The lowest BCUT2D eigenvalue weighted by Crippen LogP contribution is -2.42. The number of nitrogens with one attached hydrogen (secondary N) is 1. The molecule has 0 saturated carbocycles. The van der Waals surface area contributed by atoms with Gasteiger partial charge < -0.3 is 10.1 Å². The number of benzene rings is 2. The first-order valence-corrected chi connectivity index (χ1v) is 7.96. The number of morpholine rings is 1. The van der Waals surface area contributed by atoms with E-state index in [1.165, 1.54) is 5.56 Å². The van der Waals surface area contributed by atoms with Crippen molar-refractivity contribution in [1.29, 1.82) is 0 Å². The van der Waals surface area contributed by atoms with E-state index in [4.69, 9.17) is 4.74 Å². The van der Waals surface area contributed by atoms with Gasteiger partial charge in [-0.25, -0.2) is 0 Å². The number of aryl methyl sites for hydroxylation is 1. The third-order valence-electron chi connectivity index (χ3n) is 4.02. The average Bonchev–Trinajstić information content (AvgIpc) is 2.58. The van der Waals surface area contributed by atoms with Crippen molar-refractivity contribution in [2.45, 2.75) is 13.0 Å². The Labute approximate surface area is 137 Å². The van der Waals surface area contributed by atoms with Crippen molar-refractivity contribution in [2.24, 2.45) is 0 Å². The van der Waals surface area contributed by atoms with Gasteiger partial charge in [-0.2, -0.15) is 0 Å². The minimum atomic E-state index is 0.0163. The minimum absolute atomic E-state index is 0.0163. The van der Waals surface area contributed by atoms with Gasteiger partial charge in [0.15, 0.2) is 0 Å². The van der Waals surface area contributed by atoms with E-state index in [0.29, 0.717) is 13.2 Å². The van der Waals surface area contributed by atoms with Crippen LogP contribution in [0.3, 0.4) is 0 Å². The van der Waals surface area contributed by atoms with Crippen molar-refractivity contribution in [3.8, 4) is 0 Å². The second-order valence-corrected chi connectivity index (χ2v) is 5.92. The Kier molecular flexibility index (Phi) is 5.05. The van der Waals surface area contributed by atoms with Crippen LogP contribution < -0.4 is 5.32 Å². The van der Waals surface area contributed by atoms with Crippen molar-refractivity contribution in [3.63, 3.8) is 0 Å². The van der Waals surface area contributed by atoms with Gasteiger partial charge in [-0.15, -0.1) is 0 Å². The highest BCUT2D eigenvalue weighted by Crippen LogP contribution is 2.21. The highest BCUT2D eigenvalue weighted by molar-refractivity contribution is 5.92. The molecule has 23 heavy (non-hydrogen) atoms. The second kappa shape index (κ2) is 7.40. The first-order valence-electron chi connectivity index (χ1n) is 7.96. The molecule has 1 aliphatic heterocycles. The van der Waals surface area contributed by atoms with Crippen LogP contribution in [0.4, 0.5) is 5.69 Å².